The SMILES string of the molecule is CC[C@H](C)N1CCCC[C@H]1CN(C)C. The molecule has 84 valence electrons. The maximum atomic E-state index is 2.71. The summed E-state index contributed by atoms with van der Waals surface area (Å²) in [5, 5.41) is 0. The molecule has 1 fully saturated rings. The third kappa shape index (κ3) is 3.25. The van der Waals surface area contributed by atoms with Gasteiger partial charge in [0.25, 0.3) is 0 Å². The van der Waals surface area contributed by atoms with Gasteiger partial charge in [-0.3, -0.25) is 4.90 Å². The first-order valence-corrected chi connectivity index (χ1v) is 6.05. The first-order chi connectivity index (χ1) is 6.65. The molecule has 14 heavy (non-hydrogen) atoms. The van der Waals surface area contributed by atoms with Crippen molar-refractivity contribution in [3.05, 3.63) is 0 Å². The fraction of sp³-hybridized carbons (Fsp3) is 1.00. The van der Waals surface area contributed by atoms with E-state index < -0.39 is 0 Å². The molecule has 2 heteroatoms. The van der Waals surface area contributed by atoms with Crippen LogP contribution < -0.4 is 0 Å². The van der Waals surface area contributed by atoms with Crippen LogP contribution in [0.5, 0.6) is 0 Å². The minimum absolute atomic E-state index is 0.764. The molecule has 1 heterocycles. The molecule has 1 aliphatic rings. The number of hydrogen-bond acceptors (Lipinski definition) is 2. The van der Waals surface area contributed by atoms with Crippen LogP contribution in [-0.4, -0.2) is 49.1 Å². The van der Waals surface area contributed by atoms with Crippen molar-refractivity contribution in [3.8, 4) is 0 Å². The van der Waals surface area contributed by atoms with Crippen LogP contribution in [0.15, 0.2) is 0 Å². The van der Waals surface area contributed by atoms with Gasteiger partial charge in [-0.1, -0.05) is 13.3 Å². The molecular weight excluding hydrogens is 172 g/mol. The highest BCUT2D eigenvalue weighted by Crippen LogP contribution is 2.21. The van der Waals surface area contributed by atoms with E-state index in [4.69, 9.17) is 0 Å². The molecule has 0 radical (unpaired) electrons. The summed E-state index contributed by atoms with van der Waals surface area (Å²) in [6.45, 7) is 7.21. The number of likely N-dealkylation sites (tertiary alicyclic amines) is 1. The van der Waals surface area contributed by atoms with E-state index in [-0.39, 0.29) is 0 Å². The minimum atomic E-state index is 0.764. The second-order valence-electron chi connectivity index (χ2n) is 4.91. The molecular formula is C12H26N2. The molecule has 1 saturated heterocycles. The second kappa shape index (κ2) is 5.72. The zero-order valence-corrected chi connectivity index (χ0v) is 10.3. The summed E-state index contributed by atoms with van der Waals surface area (Å²) in [4.78, 5) is 5.04. The molecule has 0 saturated carbocycles. The van der Waals surface area contributed by atoms with Crippen LogP contribution in [0.3, 0.4) is 0 Å². The Bertz CT molecular complexity index is 156. The maximum Gasteiger partial charge on any atom is 0.0225 e. The monoisotopic (exact) mass is 198 g/mol. The van der Waals surface area contributed by atoms with Gasteiger partial charge in [0.2, 0.25) is 0 Å². The average molecular weight is 198 g/mol. The lowest BCUT2D eigenvalue weighted by Gasteiger charge is -2.40. The lowest BCUT2D eigenvalue weighted by Crippen LogP contribution is -2.49. The van der Waals surface area contributed by atoms with Crippen LogP contribution in [0.4, 0.5) is 0 Å². The van der Waals surface area contributed by atoms with Crippen molar-refractivity contribution in [3.63, 3.8) is 0 Å². The zero-order chi connectivity index (χ0) is 10.6. The highest BCUT2D eigenvalue weighted by atomic mass is 15.2. The Labute approximate surface area is 89.3 Å². The van der Waals surface area contributed by atoms with E-state index in [1.807, 2.05) is 0 Å². The lowest BCUT2D eigenvalue weighted by molar-refractivity contribution is 0.0818. The Morgan fingerprint density at radius 3 is 2.64 bits per heavy atom. The summed E-state index contributed by atoms with van der Waals surface area (Å²) < 4.78 is 0. The first-order valence-electron chi connectivity index (χ1n) is 6.05. The molecule has 0 aromatic heterocycles. The van der Waals surface area contributed by atoms with Gasteiger partial charge in [-0.25, -0.2) is 0 Å². The normalized spacial score (nSPS) is 26.8. The van der Waals surface area contributed by atoms with Crippen molar-refractivity contribution in [1.29, 1.82) is 0 Å². The summed E-state index contributed by atoms with van der Waals surface area (Å²) in [6, 6.07) is 1.56. The number of hydrogen-bond donors (Lipinski definition) is 0. The summed E-state index contributed by atoms with van der Waals surface area (Å²) >= 11 is 0. The van der Waals surface area contributed by atoms with Crippen LogP contribution in [-0.2, 0) is 0 Å². The Morgan fingerprint density at radius 1 is 1.36 bits per heavy atom. The molecule has 0 aromatic carbocycles. The predicted octanol–water partition coefficient (Wildman–Crippen LogP) is 2.20. The molecule has 2 atom stereocenters. The fourth-order valence-corrected chi connectivity index (χ4v) is 2.46. The molecule has 0 unspecified atom stereocenters. The van der Waals surface area contributed by atoms with Crippen molar-refractivity contribution in [2.45, 2.75) is 51.6 Å². The van der Waals surface area contributed by atoms with Crippen molar-refractivity contribution in [1.82, 2.24) is 9.80 Å². The smallest absolute Gasteiger partial charge is 0.0225 e. The van der Waals surface area contributed by atoms with Crippen molar-refractivity contribution < 1.29 is 0 Å². The largest absolute Gasteiger partial charge is 0.308 e. The molecule has 0 spiro atoms. The van der Waals surface area contributed by atoms with Gasteiger partial charge in [-0.05, 0) is 46.8 Å². The van der Waals surface area contributed by atoms with Gasteiger partial charge >= 0.3 is 0 Å². The fourth-order valence-electron chi connectivity index (χ4n) is 2.46. The molecule has 1 aliphatic heterocycles. The minimum Gasteiger partial charge on any atom is -0.308 e. The van der Waals surface area contributed by atoms with Gasteiger partial charge < -0.3 is 4.90 Å². The predicted molar refractivity (Wildman–Crippen MR) is 62.7 cm³/mol. The van der Waals surface area contributed by atoms with E-state index in [1.54, 1.807) is 0 Å². The third-order valence-electron chi connectivity index (χ3n) is 3.41. The van der Waals surface area contributed by atoms with Gasteiger partial charge in [-0.15, -0.1) is 0 Å². The van der Waals surface area contributed by atoms with Crippen LogP contribution in [0, 0.1) is 0 Å². The van der Waals surface area contributed by atoms with Crippen LogP contribution in [0.2, 0.25) is 0 Å². The topological polar surface area (TPSA) is 6.48 Å². The van der Waals surface area contributed by atoms with Gasteiger partial charge in [0, 0.05) is 18.6 Å². The number of piperidine rings is 1. The van der Waals surface area contributed by atoms with Gasteiger partial charge in [-0.2, -0.15) is 0 Å². The van der Waals surface area contributed by atoms with E-state index in [2.05, 4.69) is 37.7 Å². The summed E-state index contributed by atoms with van der Waals surface area (Å²) in [5.74, 6) is 0. The second-order valence-corrected chi connectivity index (χ2v) is 4.91. The lowest BCUT2D eigenvalue weighted by atomic mass is 9.99. The van der Waals surface area contributed by atoms with Crippen molar-refractivity contribution in [2.24, 2.45) is 0 Å². The molecule has 1 rings (SSSR count). The summed E-state index contributed by atoms with van der Waals surface area (Å²) in [5.41, 5.74) is 0. The van der Waals surface area contributed by atoms with E-state index >= 15 is 0 Å². The standard InChI is InChI=1S/C12H26N2/c1-5-11(2)14-9-7-6-8-12(14)10-13(3)4/h11-12H,5-10H2,1-4H3/t11-,12-/m0/s1. The zero-order valence-electron chi connectivity index (χ0n) is 10.3. The summed E-state index contributed by atoms with van der Waals surface area (Å²) in [7, 11) is 4.37. The Balaban J connectivity index is 2.49. The third-order valence-corrected chi connectivity index (χ3v) is 3.41. The van der Waals surface area contributed by atoms with E-state index in [0.29, 0.717) is 0 Å². The van der Waals surface area contributed by atoms with Gasteiger partial charge in [0.15, 0.2) is 0 Å². The Kier molecular flexibility index (Phi) is 4.90. The quantitative estimate of drug-likeness (QED) is 0.683. The Morgan fingerprint density at radius 2 is 2.07 bits per heavy atom. The van der Waals surface area contributed by atoms with Gasteiger partial charge in [0.1, 0.15) is 0 Å². The number of nitrogens with zero attached hydrogens (tertiary/aromatic N) is 2. The van der Waals surface area contributed by atoms with Gasteiger partial charge in [0.05, 0.1) is 0 Å². The Hall–Kier alpha value is -0.0800. The molecule has 0 bridgehead atoms. The van der Waals surface area contributed by atoms with Crippen LogP contribution >= 0.6 is 0 Å². The summed E-state index contributed by atoms with van der Waals surface area (Å²) in [6.07, 6.45) is 5.49. The van der Waals surface area contributed by atoms with E-state index in [9.17, 15) is 0 Å². The maximum absolute atomic E-state index is 2.71. The molecule has 0 N–H and O–H groups in total. The van der Waals surface area contributed by atoms with E-state index in [1.165, 1.54) is 38.8 Å². The van der Waals surface area contributed by atoms with Crippen molar-refractivity contribution in [2.75, 3.05) is 27.2 Å². The number of likely N-dealkylation sites (N-methyl/N-ethyl adjacent to an activating group) is 1. The van der Waals surface area contributed by atoms with Crippen LogP contribution in [0.1, 0.15) is 39.5 Å². The average Bonchev–Trinajstić information content (AvgIpc) is 2.16. The first kappa shape index (κ1) is 12.0. The highest BCUT2D eigenvalue weighted by molar-refractivity contribution is 4.81. The van der Waals surface area contributed by atoms with Crippen LogP contribution in [0.25, 0.3) is 0 Å². The highest BCUT2D eigenvalue weighted by Gasteiger charge is 2.25. The number of rotatable bonds is 4. The van der Waals surface area contributed by atoms with Crippen molar-refractivity contribution >= 4 is 0 Å². The molecule has 0 aromatic rings. The van der Waals surface area contributed by atoms with E-state index in [0.717, 1.165) is 12.1 Å². The molecule has 2 nitrogen and oxygen atoms in total. The molecule has 0 amide bonds. The molecule has 0 aliphatic carbocycles.